The van der Waals surface area contributed by atoms with E-state index in [1.807, 2.05) is 10.9 Å². The predicted octanol–water partition coefficient (Wildman–Crippen LogP) is 5.49. The van der Waals surface area contributed by atoms with Gasteiger partial charge in [0.25, 0.3) is 0 Å². The van der Waals surface area contributed by atoms with Crippen LogP contribution >= 0.6 is 39.1 Å². The standard InChI is InChI=1S/C13H18ClN5O.C9H10ClN5O.C4H9Br.CH4/c1-9(2)7-19-8-15-10-11(16-13(14)17-12(10)19)18-3-5-20-6-4-18;10-9-13-7-6(11-5-12-7)8(14-9)15-1-3-16-4-2-15;1-4(2)3-5;/h8-9H,3-7H2,1-2H3;5H,1-4H2,(H,11,12,13,14);4H,3H2,1-2H3;1H4. The number of nitrogens with zero attached hydrogens (tertiary/aromatic N) is 9. The summed E-state index contributed by atoms with van der Waals surface area (Å²) in [7, 11) is 0. The highest BCUT2D eigenvalue weighted by atomic mass is 79.9. The zero-order chi connectivity index (χ0) is 29.4. The van der Waals surface area contributed by atoms with Gasteiger partial charge in [0.05, 0.1) is 39.1 Å². The summed E-state index contributed by atoms with van der Waals surface area (Å²) in [5, 5.41) is 1.61. The molecule has 15 heteroatoms. The zero-order valence-electron chi connectivity index (χ0n) is 23.9. The van der Waals surface area contributed by atoms with Crippen molar-refractivity contribution in [1.82, 2.24) is 39.5 Å². The minimum absolute atomic E-state index is 0. The maximum Gasteiger partial charge on any atom is 0.226 e. The molecule has 2 aliphatic rings. The Morgan fingerprint density at radius 2 is 1.38 bits per heavy atom. The van der Waals surface area contributed by atoms with Crippen LogP contribution in [0.1, 0.15) is 35.1 Å². The van der Waals surface area contributed by atoms with Crippen molar-refractivity contribution in [2.45, 2.75) is 41.7 Å². The van der Waals surface area contributed by atoms with Crippen LogP contribution in [-0.4, -0.2) is 97.4 Å². The number of fused-ring (bicyclic) bond motifs is 2. The maximum absolute atomic E-state index is 6.09. The van der Waals surface area contributed by atoms with E-state index in [-0.39, 0.29) is 18.0 Å². The molecule has 0 spiro atoms. The molecule has 0 aliphatic carbocycles. The van der Waals surface area contributed by atoms with Gasteiger partial charge in [0, 0.05) is 38.1 Å². The van der Waals surface area contributed by atoms with Gasteiger partial charge in [-0.1, -0.05) is 51.1 Å². The molecule has 4 aromatic rings. The average Bonchev–Trinajstić information content (AvgIpc) is 3.60. The SMILES string of the molecule is C.CC(C)CBr.CC(C)Cn1cnc2c(N3CCOCC3)nc(Cl)nc21.Clc1nc(N2CCOCC2)c2[nH]cnc2n1. The average molecular weight is 689 g/mol. The lowest BCUT2D eigenvalue weighted by atomic mass is 10.2. The molecule has 6 rings (SSSR count). The van der Waals surface area contributed by atoms with E-state index in [0.717, 1.165) is 72.3 Å². The van der Waals surface area contributed by atoms with Crippen molar-refractivity contribution in [2.24, 2.45) is 11.8 Å². The molecule has 4 aromatic heterocycles. The van der Waals surface area contributed by atoms with Crippen LogP contribution in [0, 0.1) is 11.8 Å². The van der Waals surface area contributed by atoms with Gasteiger partial charge in [0.15, 0.2) is 28.4 Å². The molecule has 2 saturated heterocycles. The second kappa shape index (κ2) is 16.5. The first kappa shape index (κ1) is 34.2. The summed E-state index contributed by atoms with van der Waals surface area (Å²) in [6.45, 7) is 15.6. The second-order valence-corrected chi connectivity index (χ2v) is 11.8. The Morgan fingerprint density at radius 1 is 0.833 bits per heavy atom. The third-order valence-corrected chi connectivity index (χ3v) is 7.78. The van der Waals surface area contributed by atoms with Crippen LogP contribution in [0.3, 0.4) is 0 Å². The van der Waals surface area contributed by atoms with Gasteiger partial charge in [0.2, 0.25) is 10.6 Å². The molecule has 232 valence electrons. The lowest BCUT2D eigenvalue weighted by molar-refractivity contribution is 0.122. The fourth-order valence-electron chi connectivity index (χ4n) is 4.22. The number of hydrogen-bond donors (Lipinski definition) is 1. The molecule has 2 fully saturated rings. The van der Waals surface area contributed by atoms with Crippen molar-refractivity contribution in [3.63, 3.8) is 0 Å². The predicted molar refractivity (Wildman–Crippen MR) is 173 cm³/mol. The Balaban J connectivity index is 0.000000198. The van der Waals surface area contributed by atoms with Crippen molar-refractivity contribution in [2.75, 3.05) is 67.7 Å². The van der Waals surface area contributed by atoms with Crippen molar-refractivity contribution >= 4 is 73.1 Å². The first-order valence-electron chi connectivity index (χ1n) is 13.7. The number of aromatic amines is 1. The summed E-state index contributed by atoms with van der Waals surface area (Å²) < 4.78 is 12.7. The van der Waals surface area contributed by atoms with E-state index < -0.39 is 0 Å². The van der Waals surface area contributed by atoms with Crippen molar-refractivity contribution in [3.8, 4) is 0 Å². The third kappa shape index (κ3) is 9.09. The van der Waals surface area contributed by atoms with Gasteiger partial charge >= 0.3 is 0 Å². The molecule has 1 N–H and O–H groups in total. The molecule has 0 unspecified atom stereocenters. The number of halogens is 3. The van der Waals surface area contributed by atoms with E-state index >= 15 is 0 Å². The van der Waals surface area contributed by atoms with Gasteiger partial charge < -0.3 is 28.8 Å². The van der Waals surface area contributed by atoms with E-state index in [4.69, 9.17) is 32.7 Å². The molecule has 0 atom stereocenters. The number of rotatable bonds is 5. The number of hydrogen-bond acceptors (Lipinski definition) is 10. The Bertz CT molecular complexity index is 1390. The van der Waals surface area contributed by atoms with Crippen LogP contribution in [0.4, 0.5) is 11.6 Å². The van der Waals surface area contributed by atoms with Crippen LogP contribution in [0.25, 0.3) is 22.3 Å². The Labute approximate surface area is 265 Å². The topological polar surface area (TPSA) is 123 Å². The van der Waals surface area contributed by atoms with E-state index in [1.54, 1.807) is 6.33 Å². The van der Waals surface area contributed by atoms with Gasteiger partial charge in [-0.05, 0) is 35.0 Å². The van der Waals surface area contributed by atoms with Crippen LogP contribution < -0.4 is 9.80 Å². The summed E-state index contributed by atoms with van der Waals surface area (Å²) >= 11 is 15.3. The summed E-state index contributed by atoms with van der Waals surface area (Å²) in [5.74, 6) is 2.93. The normalized spacial score (nSPS) is 15.4. The number of alkyl halides is 1. The van der Waals surface area contributed by atoms with Gasteiger partial charge in [-0.3, -0.25) is 0 Å². The molecular weight excluding hydrogens is 647 g/mol. The monoisotopic (exact) mass is 686 g/mol. The minimum atomic E-state index is 0. The number of imidazole rings is 2. The highest BCUT2D eigenvalue weighted by Gasteiger charge is 2.20. The van der Waals surface area contributed by atoms with Crippen molar-refractivity contribution < 1.29 is 9.47 Å². The lowest BCUT2D eigenvalue weighted by Crippen LogP contribution is -2.37. The quantitative estimate of drug-likeness (QED) is 0.213. The lowest BCUT2D eigenvalue weighted by Gasteiger charge is -2.27. The van der Waals surface area contributed by atoms with E-state index in [9.17, 15) is 0 Å². The fourth-order valence-corrected chi connectivity index (χ4v) is 4.54. The summed E-state index contributed by atoms with van der Waals surface area (Å²) in [4.78, 5) is 32.9. The Hall–Kier alpha value is -2.32. The number of nitrogens with one attached hydrogen (secondary N) is 1. The Morgan fingerprint density at radius 3 is 1.95 bits per heavy atom. The number of morpholine rings is 2. The molecular formula is C27H41BrCl2N10O2. The van der Waals surface area contributed by atoms with Gasteiger partial charge in [-0.25, -0.2) is 9.97 Å². The zero-order valence-corrected chi connectivity index (χ0v) is 27.0. The van der Waals surface area contributed by atoms with Crippen LogP contribution in [0.2, 0.25) is 10.6 Å². The molecule has 0 amide bonds. The highest BCUT2D eigenvalue weighted by molar-refractivity contribution is 9.09. The summed E-state index contributed by atoms with van der Waals surface area (Å²) in [6.07, 6.45) is 3.42. The first-order chi connectivity index (χ1) is 19.8. The fraction of sp³-hybridized carbons (Fsp3) is 0.630. The molecule has 0 radical (unpaired) electrons. The molecule has 0 aromatic carbocycles. The minimum Gasteiger partial charge on any atom is -0.378 e. The summed E-state index contributed by atoms with van der Waals surface area (Å²) in [5.41, 5.74) is 3.05. The van der Waals surface area contributed by atoms with E-state index in [0.29, 0.717) is 38.0 Å². The van der Waals surface area contributed by atoms with Crippen LogP contribution in [0.5, 0.6) is 0 Å². The molecule has 2 aliphatic heterocycles. The van der Waals surface area contributed by atoms with Gasteiger partial charge in [0.1, 0.15) is 5.52 Å². The van der Waals surface area contributed by atoms with E-state index in [1.165, 1.54) is 0 Å². The smallest absolute Gasteiger partial charge is 0.226 e. The number of H-pyrrole nitrogens is 1. The van der Waals surface area contributed by atoms with Gasteiger partial charge in [-0.2, -0.15) is 19.9 Å². The molecule has 42 heavy (non-hydrogen) atoms. The first-order valence-corrected chi connectivity index (χ1v) is 15.6. The molecule has 0 bridgehead atoms. The van der Waals surface area contributed by atoms with Crippen molar-refractivity contribution in [3.05, 3.63) is 23.2 Å². The largest absolute Gasteiger partial charge is 0.378 e. The second-order valence-electron chi connectivity index (χ2n) is 10.4. The van der Waals surface area contributed by atoms with Crippen LogP contribution in [-0.2, 0) is 16.0 Å². The maximum atomic E-state index is 6.09. The Kier molecular flexibility index (Phi) is 13.4. The van der Waals surface area contributed by atoms with Crippen molar-refractivity contribution in [1.29, 1.82) is 0 Å². The molecule has 6 heterocycles. The number of aromatic nitrogens is 8. The van der Waals surface area contributed by atoms with Crippen LogP contribution in [0.15, 0.2) is 12.7 Å². The third-order valence-electron chi connectivity index (χ3n) is 6.15. The summed E-state index contributed by atoms with van der Waals surface area (Å²) in [6, 6.07) is 0. The van der Waals surface area contributed by atoms with Gasteiger partial charge in [-0.15, -0.1) is 0 Å². The molecule has 0 saturated carbocycles. The number of anilines is 2. The molecule has 12 nitrogen and oxygen atoms in total. The highest BCUT2D eigenvalue weighted by Crippen LogP contribution is 2.26. The van der Waals surface area contributed by atoms with E-state index in [2.05, 4.69) is 88.3 Å². The number of ether oxygens (including phenoxy) is 2.